The van der Waals surface area contributed by atoms with Gasteiger partial charge in [-0.2, -0.15) is 0 Å². The maximum absolute atomic E-state index is 13.7. The normalized spacial score (nSPS) is 19.7. The summed E-state index contributed by atoms with van der Waals surface area (Å²) in [6.07, 6.45) is 3.95. The van der Waals surface area contributed by atoms with Crippen LogP contribution in [0.25, 0.3) is 5.57 Å². The topological polar surface area (TPSA) is 54.5 Å². The van der Waals surface area contributed by atoms with Gasteiger partial charge in [0.25, 0.3) is 11.8 Å². The van der Waals surface area contributed by atoms with Gasteiger partial charge in [-0.3, -0.25) is 9.78 Å². The van der Waals surface area contributed by atoms with Crippen molar-refractivity contribution in [1.29, 1.82) is 0 Å². The van der Waals surface area contributed by atoms with Crippen molar-refractivity contribution in [2.45, 2.75) is 57.1 Å². The van der Waals surface area contributed by atoms with E-state index in [0.29, 0.717) is 11.3 Å². The van der Waals surface area contributed by atoms with Crippen molar-refractivity contribution in [3.05, 3.63) is 101 Å². The minimum absolute atomic E-state index is 0.193. The molecule has 5 nitrogen and oxygen atoms in total. The number of piperidine rings is 1. The number of alkyl halides is 2. The molecule has 2 atom stereocenters. The highest BCUT2D eigenvalue weighted by atomic mass is 19.3. The fourth-order valence-electron chi connectivity index (χ4n) is 5.44. The zero-order valence-electron chi connectivity index (χ0n) is 22.8. The molecule has 210 valence electrons. The summed E-state index contributed by atoms with van der Waals surface area (Å²) in [6, 6.07) is 16.0. The Hall–Kier alpha value is -3.65. The Morgan fingerprint density at radius 2 is 1.68 bits per heavy atom. The maximum Gasteiger partial charge on any atom is 0.253 e. The predicted molar refractivity (Wildman–Crippen MR) is 149 cm³/mol. The van der Waals surface area contributed by atoms with Crippen LogP contribution in [0.3, 0.4) is 0 Å². The molecule has 1 unspecified atom stereocenters. The Kier molecular flexibility index (Phi) is 8.26. The second kappa shape index (κ2) is 11.8. The van der Waals surface area contributed by atoms with Crippen molar-refractivity contribution >= 4 is 11.5 Å². The molecule has 0 radical (unpaired) electrons. The Morgan fingerprint density at radius 1 is 1.02 bits per heavy atom. The number of halogens is 3. The standard InChI is InChI=1S/C32H34F3N3O2/c1-21(37-31(39)26-17-29(20-36-19-26)40-28-11-14-32(34,35)18-28)22-3-5-23(6-4-22)30(24-7-9-27(33)10-8-24)25-12-15-38(2)16-13-25/h3-10,17,19-21,28H,11-16,18H2,1-2H3,(H,37,39)/t21-,28?/m1/s1. The molecule has 1 N–H and O–H groups in total. The van der Waals surface area contributed by atoms with Crippen LogP contribution in [0.15, 0.2) is 72.6 Å². The van der Waals surface area contributed by atoms with Crippen LogP contribution in [0.5, 0.6) is 5.75 Å². The second-order valence-electron chi connectivity index (χ2n) is 10.9. The third-order valence-electron chi connectivity index (χ3n) is 7.76. The average Bonchev–Trinajstić information content (AvgIpc) is 3.29. The molecule has 2 heterocycles. The van der Waals surface area contributed by atoms with E-state index in [1.807, 2.05) is 31.2 Å². The third kappa shape index (κ3) is 6.73. The number of hydrogen-bond acceptors (Lipinski definition) is 4. The first kappa shape index (κ1) is 27.9. The number of rotatable bonds is 7. The SMILES string of the molecule is C[C@@H](NC(=O)c1cncc(OC2CCC(F)(F)C2)c1)c1ccc(C(=C2CCN(C)CC2)c2ccc(F)cc2)cc1. The van der Waals surface area contributed by atoms with Gasteiger partial charge in [0.05, 0.1) is 17.8 Å². The molecule has 0 bridgehead atoms. The zero-order chi connectivity index (χ0) is 28.3. The highest BCUT2D eigenvalue weighted by Crippen LogP contribution is 2.37. The van der Waals surface area contributed by atoms with E-state index >= 15 is 0 Å². The molecule has 1 saturated heterocycles. The van der Waals surface area contributed by atoms with Gasteiger partial charge in [0, 0.05) is 32.1 Å². The quantitative estimate of drug-likeness (QED) is 0.352. The number of carbonyl (C=O) groups is 1. The van der Waals surface area contributed by atoms with Crippen LogP contribution in [0.1, 0.15) is 72.1 Å². The van der Waals surface area contributed by atoms with Crippen molar-refractivity contribution in [3.8, 4) is 5.75 Å². The van der Waals surface area contributed by atoms with Gasteiger partial charge in [0.1, 0.15) is 17.7 Å². The first-order valence-corrected chi connectivity index (χ1v) is 13.7. The summed E-state index contributed by atoms with van der Waals surface area (Å²) in [5, 5.41) is 2.99. The number of aromatic nitrogens is 1. The molecule has 2 aromatic carbocycles. The van der Waals surface area contributed by atoms with Gasteiger partial charge >= 0.3 is 0 Å². The Labute approximate surface area is 233 Å². The second-order valence-corrected chi connectivity index (χ2v) is 10.9. The van der Waals surface area contributed by atoms with Crippen LogP contribution in [0.2, 0.25) is 0 Å². The number of nitrogens with zero attached hydrogens (tertiary/aromatic N) is 2. The van der Waals surface area contributed by atoms with E-state index in [0.717, 1.165) is 48.2 Å². The van der Waals surface area contributed by atoms with Crippen molar-refractivity contribution in [2.24, 2.45) is 0 Å². The summed E-state index contributed by atoms with van der Waals surface area (Å²) in [7, 11) is 2.12. The van der Waals surface area contributed by atoms with Crippen LogP contribution < -0.4 is 10.1 Å². The Balaban J connectivity index is 1.29. The Morgan fingerprint density at radius 3 is 2.30 bits per heavy atom. The van der Waals surface area contributed by atoms with E-state index < -0.39 is 12.0 Å². The molecule has 5 rings (SSSR count). The molecule has 40 heavy (non-hydrogen) atoms. The summed E-state index contributed by atoms with van der Waals surface area (Å²) in [5.74, 6) is -2.99. The summed E-state index contributed by atoms with van der Waals surface area (Å²) < 4.78 is 46.4. The van der Waals surface area contributed by atoms with Gasteiger partial charge < -0.3 is 15.0 Å². The lowest BCUT2D eigenvalue weighted by molar-refractivity contribution is -0.00110. The number of pyridine rings is 1. The van der Waals surface area contributed by atoms with Crippen molar-refractivity contribution < 1.29 is 22.7 Å². The van der Waals surface area contributed by atoms with Crippen molar-refractivity contribution in [3.63, 3.8) is 0 Å². The molecular formula is C32H34F3N3O2. The van der Waals surface area contributed by atoms with Crippen LogP contribution in [-0.2, 0) is 0 Å². The molecule has 1 saturated carbocycles. The Bertz CT molecular complexity index is 1360. The summed E-state index contributed by atoms with van der Waals surface area (Å²) >= 11 is 0. The lowest BCUT2D eigenvalue weighted by Gasteiger charge is -2.27. The van der Waals surface area contributed by atoms with Gasteiger partial charge in [0.2, 0.25) is 0 Å². The van der Waals surface area contributed by atoms with Gasteiger partial charge in [-0.05, 0) is 73.7 Å². The van der Waals surface area contributed by atoms with Crippen LogP contribution in [0, 0.1) is 5.82 Å². The summed E-state index contributed by atoms with van der Waals surface area (Å²) in [4.78, 5) is 19.4. The maximum atomic E-state index is 13.7. The number of carbonyl (C=O) groups excluding carboxylic acids is 1. The van der Waals surface area contributed by atoms with Crippen LogP contribution >= 0.6 is 0 Å². The fraction of sp³-hybridized carbons (Fsp3) is 0.375. The molecule has 0 spiro atoms. The summed E-state index contributed by atoms with van der Waals surface area (Å²) in [5.41, 5.74) is 5.77. The van der Waals surface area contributed by atoms with Gasteiger partial charge in [-0.1, -0.05) is 42.0 Å². The minimum atomic E-state index is -2.71. The van der Waals surface area contributed by atoms with Gasteiger partial charge in [-0.25, -0.2) is 13.2 Å². The van der Waals surface area contributed by atoms with Gasteiger partial charge in [0.15, 0.2) is 0 Å². The smallest absolute Gasteiger partial charge is 0.253 e. The summed E-state index contributed by atoms with van der Waals surface area (Å²) in [6.45, 7) is 3.86. The fourth-order valence-corrected chi connectivity index (χ4v) is 5.44. The average molecular weight is 550 g/mol. The van der Waals surface area contributed by atoms with E-state index in [2.05, 4.69) is 34.4 Å². The van der Waals surface area contributed by atoms with E-state index in [-0.39, 0.29) is 37.0 Å². The lowest BCUT2D eigenvalue weighted by atomic mass is 9.88. The number of likely N-dealkylation sites (tertiary alicyclic amines) is 1. The monoisotopic (exact) mass is 549 g/mol. The largest absolute Gasteiger partial charge is 0.489 e. The molecule has 1 aliphatic heterocycles. The molecule has 3 aromatic rings. The number of ether oxygens (including phenoxy) is 1. The van der Waals surface area contributed by atoms with E-state index in [9.17, 15) is 18.0 Å². The van der Waals surface area contributed by atoms with Crippen LogP contribution in [-0.4, -0.2) is 48.0 Å². The van der Waals surface area contributed by atoms with Crippen molar-refractivity contribution in [2.75, 3.05) is 20.1 Å². The van der Waals surface area contributed by atoms with Crippen molar-refractivity contribution in [1.82, 2.24) is 15.2 Å². The zero-order valence-corrected chi connectivity index (χ0v) is 22.8. The molecule has 2 fully saturated rings. The van der Waals surface area contributed by atoms with Crippen LogP contribution in [0.4, 0.5) is 13.2 Å². The van der Waals surface area contributed by atoms with E-state index in [1.54, 1.807) is 0 Å². The lowest BCUT2D eigenvalue weighted by Crippen LogP contribution is -2.27. The molecule has 2 aliphatic rings. The number of nitrogens with one attached hydrogen (secondary N) is 1. The third-order valence-corrected chi connectivity index (χ3v) is 7.76. The molecule has 1 amide bonds. The number of benzene rings is 2. The van der Waals surface area contributed by atoms with E-state index in [4.69, 9.17) is 4.74 Å². The first-order chi connectivity index (χ1) is 19.2. The minimum Gasteiger partial charge on any atom is -0.489 e. The highest BCUT2D eigenvalue weighted by molar-refractivity contribution is 5.94. The highest BCUT2D eigenvalue weighted by Gasteiger charge is 2.40. The molecular weight excluding hydrogens is 515 g/mol. The first-order valence-electron chi connectivity index (χ1n) is 13.7. The molecule has 1 aromatic heterocycles. The van der Waals surface area contributed by atoms with Gasteiger partial charge in [-0.15, -0.1) is 0 Å². The predicted octanol–water partition coefficient (Wildman–Crippen LogP) is 6.81. The number of hydrogen-bond donors (Lipinski definition) is 1. The molecule has 8 heteroatoms. The molecule has 1 aliphatic carbocycles. The van der Waals surface area contributed by atoms with E-state index in [1.165, 1.54) is 36.2 Å². The number of amides is 1.